The van der Waals surface area contributed by atoms with Crippen LogP contribution in [0.2, 0.25) is 0 Å². The average Bonchev–Trinajstić information content (AvgIpc) is 2.37. The topological polar surface area (TPSA) is 46.5 Å². The molecule has 0 saturated heterocycles. The zero-order valence-electron chi connectivity index (χ0n) is 11.3. The highest BCUT2D eigenvalue weighted by Gasteiger charge is 2.27. The highest BCUT2D eigenvalue weighted by atomic mass is 16.5. The van der Waals surface area contributed by atoms with Crippen molar-refractivity contribution in [2.75, 3.05) is 6.61 Å². The number of phenolic OH excluding ortho intramolecular Hbond substituents is 1. The summed E-state index contributed by atoms with van der Waals surface area (Å²) in [5.41, 5.74) is 1.08. The Bertz CT molecular complexity index is 370. The number of benzene rings is 1. The van der Waals surface area contributed by atoms with Gasteiger partial charge in [0.15, 0.2) is 0 Å². The van der Waals surface area contributed by atoms with Crippen LogP contribution in [-0.2, 0) is 9.53 Å². The second kappa shape index (κ2) is 7.04. The second-order valence-corrected chi connectivity index (χ2v) is 4.37. The summed E-state index contributed by atoms with van der Waals surface area (Å²) < 4.78 is 5.13. The van der Waals surface area contributed by atoms with Crippen LogP contribution in [0.1, 0.15) is 45.1 Å². The smallest absolute Gasteiger partial charge is 0.309 e. The normalized spacial score (nSPS) is 13.9. The van der Waals surface area contributed by atoms with Gasteiger partial charge in [-0.25, -0.2) is 0 Å². The third kappa shape index (κ3) is 3.49. The van der Waals surface area contributed by atoms with E-state index in [-0.39, 0.29) is 23.6 Å². The van der Waals surface area contributed by atoms with Gasteiger partial charge in [0.05, 0.1) is 12.5 Å². The Kier molecular flexibility index (Phi) is 5.69. The van der Waals surface area contributed by atoms with Crippen LogP contribution in [0.15, 0.2) is 24.3 Å². The van der Waals surface area contributed by atoms with Gasteiger partial charge in [0.1, 0.15) is 5.75 Å². The van der Waals surface area contributed by atoms with Crippen molar-refractivity contribution in [2.45, 2.75) is 39.5 Å². The number of hydrogen-bond donors (Lipinski definition) is 1. The van der Waals surface area contributed by atoms with Crippen molar-refractivity contribution >= 4 is 5.97 Å². The van der Waals surface area contributed by atoms with E-state index < -0.39 is 0 Å². The lowest BCUT2D eigenvalue weighted by atomic mass is 9.82. The molecular weight excluding hydrogens is 228 g/mol. The second-order valence-electron chi connectivity index (χ2n) is 4.37. The lowest BCUT2D eigenvalue weighted by Gasteiger charge is -2.24. The molecule has 1 aromatic carbocycles. The van der Waals surface area contributed by atoms with Crippen molar-refractivity contribution < 1.29 is 14.6 Å². The quantitative estimate of drug-likeness (QED) is 0.786. The minimum Gasteiger partial charge on any atom is -0.508 e. The van der Waals surface area contributed by atoms with Crippen molar-refractivity contribution in [3.05, 3.63) is 29.8 Å². The SMILES string of the molecule is CCOC(=O)C(CC)C(CC)c1ccc(O)cc1. The molecule has 1 rings (SSSR count). The number of aromatic hydroxyl groups is 1. The fourth-order valence-corrected chi connectivity index (χ4v) is 2.34. The van der Waals surface area contributed by atoms with Crippen molar-refractivity contribution in [2.24, 2.45) is 5.92 Å². The zero-order valence-corrected chi connectivity index (χ0v) is 11.3. The summed E-state index contributed by atoms with van der Waals surface area (Å²) in [5.74, 6) is 0.159. The molecule has 0 heterocycles. The molecule has 3 heteroatoms. The number of esters is 1. The van der Waals surface area contributed by atoms with Gasteiger partial charge in [-0.05, 0) is 43.4 Å². The van der Waals surface area contributed by atoms with E-state index in [2.05, 4.69) is 6.92 Å². The summed E-state index contributed by atoms with van der Waals surface area (Å²) in [5, 5.41) is 9.31. The number of phenols is 1. The molecule has 2 unspecified atom stereocenters. The van der Waals surface area contributed by atoms with Crippen LogP contribution >= 0.6 is 0 Å². The molecule has 0 aromatic heterocycles. The molecule has 0 saturated carbocycles. The summed E-state index contributed by atoms with van der Waals surface area (Å²) in [6.07, 6.45) is 1.64. The molecule has 100 valence electrons. The fourth-order valence-electron chi connectivity index (χ4n) is 2.34. The molecule has 0 radical (unpaired) electrons. The van der Waals surface area contributed by atoms with E-state index in [1.54, 1.807) is 12.1 Å². The van der Waals surface area contributed by atoms with Crippen LogP contribution < -0.4 is 0 Å². The van der Waals surface area contributed by atoms with E-state index in [9.17, 15) is 9.90 Å². The first-order valence-corrected chi connectivity index (χ1v) is 6.59. The predicted octanol–water partition coefficient (Wildman–Crippen LogP) is 3.48. The van der Waals surface area contributed by atoms with Gasteiger partial charge in [0.2, 0.25) is 0 Å². The predicted molar refractivity (Wildman–Crippen MR) is 71.6 cm³/mol. The monoisotopic (exact) mass is 250 g/mol. The van der Waals surface area contributed by atoms with E-state index in [0.29, 0.717) is 6.61 Å². The maximum absolute atomic E-state index is 11.9. The van der Waals surface area contributed by atoms with Crippen molar-refractivity contribution in [3.8, 4) is 5.75 Å². The molecule has 0 aliphatic carbocycles. The molecule has 18 heavy (non-hydrogen) atoms. The number of hydrogen-bond acceptors (Lipinski definition) is 3. The van der Waals surface area contributed by atoms with E-state index in [0.717, 1.165) is 18.4 Å². The highest BCUT2D eigenvalue weighted by Crippen LogP contribution is 2.32. The molecule has 3 nitrogen and oxygen atoms in total. The standard InChI is InChI=1S/C15H22O3/c1-4-13(11-7-9-12(16)10-8-11)14(5-2)15(17)18-6-3/h7-10,13-14,16H,4-6H2,1-3H3. The molecule has 1 aromatic rings. The minimum atomic E-state index is -0.125. The van der Waals surface area contributed by atoms with Gasteiger partial charge >= 0.3 is 5.97 Å². The first-order valence-electron chi connectivity index (χ1n) is 6.59. The van der Waals surface area contributed by atoms with Crippen molar-refractivity contribution in [1.29, 1.82) is 0 Å². The van der Waals surface area contributed by atoms with E-state index in [1.165, 1.54) is 0 Å². The molecule has 0 aliphatic rings. The number of carbonyl (C=O) groups excluding carboxylic acids is 1. The molecule has 0 aliphatic heterocycles. The minimum absolute atomic E-state index is 0.112. The van der Waals surface area contributed by atoms with Gasteiger partial charge in [0, 0.05) is 0 Å². The molecular formula is C15H22O3. The summed E-state index contributed by atoms with van der Waals surface area (Å²) in [4.78, 5) is 11.9. The van der Waals surface area contributed by atoms with Crippen LogP contribution in [0, 0.1) is 5.92 Å². The van der Waals surface area contributed by atoms with Crippen LogP contribution in [0.5, 0.6) is 5.75 Å². The Hall–Kier alpha value is -1.51. The molecule has 0 bridgehead atoms. The maximum atomic E-state index is 11.9. The van der Waals surface area contributed by atoms with Crippen LogP contribution in [0.3, 0.4) is 0 Å². The zero-order chi connectivity index (χ0) is 13.5. The van der Waals surface area contributed by atoms with Gasteiger partial charge in [0.25, 0.3) is 0 Å². The summed E-state index contributed by atoms with van der Waals surface area (Å²) in [6, 6.07) is 7.09. The van der Waals surface area contributed by atoms with Gasteiger partial charge < -0.3 is 9.84 Å². The van der Waals surface area contributed by atoms with Gasteiger partial charge in [-0.2, -0.15) is 0 Å². The van der Waals surface area contributed by atoms with Gasteiger partial charge in [-0.15, -0.1) is 0 Å². The van der Waals surface area contributed by atoms with Crippen LogP contribution in [0.4, 0.5) is 0 Å². The Labute approximate surface area is 109 Å². The van der Waals surface area contributed by atoms with E-state index in [1.807, 2.05) is 26.0 Å². The number of rotatable bonds is 6. The summed E-state index contributed by atoms with van der Waals surface area (Å²) in [7, 11) is 0. The number of carbonyl (C=O) groups is 1. The molecule has 0 spiro atoms. The Balaban J connectivity index is 2.92. The maximum Gasteiger partial charge on any atom is 0.309 e. The van der Waals surface area contributed by atoms with Crippen LogP contribution in [0.25, 0.3) is 0 Å². The van der Waals surface area contributed by atoms with Gasteiger partial charge in [-0.1, -0.05) is 26.0 Å². The summed E-state index contributed by atoms with van der Waals surface area (Å²) >= 11 is 0. The molecule has 0 amide bonds. The summed E-state index contributed by atoms with van der Waals surface area (Å²) in [6.45, 7) is 6.32. The van der Waals surface area contributed by atoms with Crippen LogP contribution in [-0.4, -0.2) is 17.7 Å². The van der Waals surface area contributed by atoms with E-state index in [4.69, 9.17) is 4.74 Å². The van der Waals surface area contributed by atoms with Crippen molar-refractivity contribution in [1.82, 2.24) is 0 Å². The molecule has 2 atom stereocenters. The van der Waals surface area contributed by atoms with Gasteiger partial charge in [-0.3, -0.25) is 4.79 Å². The third-order valence-corrected chi connectivity index (χ3v) is 3.28. The lowest BCUT2D eigenvalue weighted by molar-refractivity contribution is -0.149. The fraction of sp³-hybridized carbons (Fsp3) is 0.533. The Morgan fingerprint density at radius 1 is 1.17 bits per heavy atom. The lowest BCUT2D eigenvalue weighted by Crippen LogP contribution is -2.23. The average molecular weight is 250 g/mol. The first kappa shape index (κ1) is 14.6. The molecule has 0 fully saturated rings. The first-order chi connectivity index (χ1) is 8.63. The third-order valence-electron chi connectivity index (χ3n) is 3.28. The molecule has 1 N–H and O–H groups in total. The number of ether oxygens (including phenoxy) is 1. The largest absolute Gasteiger partial charge is 0.508 e. The highest BCUT2D eigenvalue weighted by molar-refractivity contribution is 5.73. The van der Waals surface area contributed by atoms with E-state index >= 15 is 0 Å². The Morgan fingerprint density at radius 3 is 2.22 bits per heavy atom. The van der Waals surface area contributed by atoms with Crippen molar-refractivity contribution in [3.63, 3.8) is 0 Å². The Morgan fingerprint density at radius 2 is 1.78 bits per heavy atom.